The molecule has 0 atom stereocenters. The second kappa shape index (κ2) is 38.2. The first-order valence-electron chi connectivity index (χ1n) is 28.7. The van der Waals surface area contributed by atoms with Crippen LogP contribution in [-0.4, -0.2) is 194 Å². The molecular weight excluding hydrogens is 1450 g/mol. The van der Waals surface area contributed by atoms with E-state index in [0.717, 1.165) is 7.11 Å². The van der Waals surface area contributed by atoms with Crippen LogP contribution in [0, 0.1) is 0 Å². The summed E-state index contributed by atoms with van der Waals surface area (Å²) >= 11 is 7.62. The topological polar surface area (TPSA) is 485 Å². The number of carbonyl (C=O) groups is 13. The third-order valence-electron chi connectivity index (χ3n) is 10.4. The van der Waals surface area contributed by atoms with Gasteiger partial charge in [0.25, 0.3) is 33.0 Å². The van der Waals surface area contributed by atoms with E-state index in [9.17, 15) is 62.3 Å². The van der Waals surface area contributed by atoms with E-state index in [1.165, 1.54) is 132 Å². The van der Waals surface area contributed by atoms with Crippen molar-refractivity contribution in [2.45, 2.75) is 234 Å². The Kier molecular flexibility index (Phi) is 36.8. The van der Waals surface area contributed by atoms with Crippen molar-refractivity contribution in [2.24, 2.45) is 15.5 Å². The largest absolute Gasteiger partial charge is 1.00 e. The van der Waals surface area contributed by atoms with Crippen LogP contribution in [0.1, 0.15) is 175 Å². The van der Waals surface area contributed by atoms with E-state index < -0.39 is 139 Å². The molecule has 0 unspecified atom stereocenters. The van der Waals surface area contributed by atoms with Crippen LogP contribution in [0.3, 0.4) is 0 Å². The molecule has 4 heterocycles. The Balaban J connectivity index is -0.000000589. The van der Waals surface area contributed by atoms with Crippen molar-refractivity contribution >= 4 is 122 Å². The average Bonchev–Trinajstić information content (AvgIpc) is 0.738. The van der Waals surface area contributed by atoms with Crippen LogP contribution >= 0.6 is 27.5 Å². The number of cyclic esters (lactones) is 8. The Bertz CT molecular complexity index is 3010. The summed E-state index contributed by atoms with van der Waals surface area (Å²) in [6, 6.07) is 0. The molecule has 0 saturated carbocycles. The van der Waals surface area contributed by atoms with Gasteiger partial charge in [-0.1, -0.05) is 36.5 Å². The van der Waals surface area contributed by atoms with Crippen LogP contribution in [0.15, 0.2) is 26.7 Å². The monoisotopic (exact) mass is 1540 g/mol. The van der Waals surface area contributed by atoms with Crippen molar-refractivity contribution in [3.63, 3.8) is 0 Å². The Morgan fingerprint density at radius 3 is 1.15 bits per heavy atom. The molecule has 4 fully saturated rings. The van der Waals surface area contributed by atoms with Gasteiger partial charge in [-0.15, -0.1) is 5.48 Å². The van der Waals surface area contributed by atoms with E-state index in [0.29, 0.717) is 0 Å². The maximum absolute atomic E-state index is 13.1. The second-order valence-electron chi connectivity index (χ2n) is 25.8. The maximum Gasteiger partial charge on any atom is 1.00 e. The normalized spacial score (nSPS) is 18.3. The summed E-state index contributed by atoms with van der Waals surface area (Å²) in [5, 5.41) is 19.3. The van der Waals surface area contributed by atoms with Gasteiger partial charge in [0.15, 0.2) is 5.57 Å². The zero-order chi connectivity index (χ0) is 78.4. The number of allylic oxidation sites excluding steroid dienone is 1. The molecule has 4 aliphatic heterocycles. The molecule has 0 aliphatic carbocycles. The number of alkyl halides is 1. The molecule has 566 valence electrons. The van der Waals surface area contributed by atoms with Crippen LogP contribution in [-0.2, 0) is 129 Å². The predicted octanol–water partition coefficient (Wildman–Crippen LogP) is 3.74. The van der Waals surface area contributed by atoms with E-state index in [-0.39, 0.29) is 64.0 Å². The number of rotatable bonds is 10. The minimum atomic E-state index is -2.79. The fourth-order valence-corrected chi connectivity index (χ4v) is 7.01. The number of hydroxylamine groups is 5. The van der Waals surface area contributed by atoms with E-state index in [1.807, 2.05) is 5.48 Å². The van der Waals surface area contributed by atoms with Crippen LogP contribution in [0.2, 0.25) is 0 Å². The average molecular weight is 1540 g/mol. The molecule has 4 aliphatic rings. The molecule has 0 aromatic rings. The Hall–Kier alpha value is -7.89. The van der Waals surface area contributed by atoms with E-state index in [2.05, 4.69) is 72.7 Å². The number of carbonyl (C=O) groups excluding carboxylic acids is 13. The molecule has 100 heavy (non-hydrogen) atoms. The molecule has 0 spiro atoms. The van der Waals surface area contributed by atoms with Crippen molar-refractivity contribution in [3.05, 3.63) is 11.3 Å². The number of nitrogens with one attached hydrogen (secondary N) is 3. The number of oxime groups is 3. The summed E-state index contributed by atoms with van der Waals surface area (Å²) < 4.78 is 58.0. The second-order valence-corrected chi connectivity index (χ2v) is 27.5. The fourth-order valence-electron chi connectivity index (χ4n) is 6.78. The van der Waals surface area contributed by atoms with Gasteiger partial charge >= 0.3 is 107 Å². The van der Waals surface area contributed by atoms with Gasteiger partial charge in [0.05, 0.1) is 24.2 Å². The predicted molar refractivity (Wildman–Crippen MR) is 340 cm³/mol. The van der Waals surface area contributed by atoms with Crippen LogP contribution in [0.5, 0.6) is 0 Å². The standard InChI is InChI=1S/C19H30N2O10.C10H19NO5.C9H12BrNO5.C9H14N2O6.C9H13NO5.C2H3ClO.Na.H/c1-11(20-26-10)19(12(22)27-18(8,9)28-13(19)23)21(14(24)29-16(2,3)4)31-15(25)30-17(5,6)7;1-9(2,3)14-7(12)11-16-8(13)15-10(4,5)6;1-5(11-14-4)9(10)6(12)15-8(2,3)16-7(9)13;1-5(10-15-4)9(11-14)6(12)16-8(2,3)17-7(9)13;1-5(10-13-4)6-7(11)14-9(2,3)15-8(6)12;1-2(3)4;;/h1-10H3;1-6H3,(H,11,12);1-4H3;11,14H,1-4H3;10H,1-4H3;1H3;;/q;;;;;;+1;-1/b20-11+;;11-5+;10-5+;;;;. The molecule has 4 saturated heterocycles. The smallest absolute Gasteiger partial charge is 1.00 e. The van der Waals surface area contributed by atoms with Crippen LogP contribution in [0.4, 0.5) is 19.2 Å². The Morgan fingerprint density at radius 2 is 0.810 bits per heavy atom. The number of nitrogens with zero attached hydrogens (tertiary/aromatic N) is 4. The number of esters is 8. The van der Waals surface area contributed by atoms with E-state index in [1.54, 1.807) is 67.8 Å². The Morgan fingerprint density at radius 1 is 0.490 bits per heavy atom. The van der Waals surface area contributed by atoms with Gasteiger partial charge in [-0.05, 0) is 122 Å². The molecule has 0 bridgehead atoms. The van der Waals surface area contributed by atoms with E-state index >= 15 is 0 Å². The molecule has 42 heteroatoms. The molecule has 2 amide bonds. The minimum absolute atomic E-state index is 0. The van der Waals surface area contributed by atoms with Crippen molar-refractivity contribution < 1.29 is 184 Å². The zero-order valence-electron chi connectivity index (χ0n) is 62.6. The van der Waals surface area contributed by atoms with Crippen molar-refractivity contribution in [3.8, 4) is 0 Å². The summed E-state index contributed by atoms with van der Waals surface area (Å²) in [4.78, 5) is 180. The molecule has 0 aromatic carbocycles. The number of hydrogen-bond acceptors (Lipinski definition) is 37. The van der Waals surface area contributed by atoms with Gasteiger partial charge in [-0.25, -0.2) is 57.5 Å². The first kappa shape index (κ1) is 96.3. The summed E-state index contributed by atoms with van der Waals surface area (Å²) in [5.74, 6) is -13.2. The number of hydrogen-bond donors (Lipinski definition) is 4. The summed E-state index contributed by atoms with van der Waals surface area (Å²) in [5.41, 5.74) is -3.00. The SMILES string of the molecule is CC(=O)Cl.CC(C)(C)OC(=O)NOC(=O)OC(C)(C)C.CO/N=C(\C)C1(Br)C(=O)OC(C)(C)OC1=O.CO/N=C(\C)C1(N(OC(=O)OC(C)(C)C)C(=O)OC(C)(C)C)C(=O)OC(C)(C)OC1=O.CO/N=C(\C)C1(NO)C(=O)OC(C)(C)OC1=O.CONC(C)=C1C(=O)OC(C)(C)OC1=O.[H-].[Na+]. The summed E-state index contributed by atoms with van der Waals surface area (Å²) in [7, 11) is 5.06. The van der Waals surface area contributed by atoms with Gasteiger partial charge in [-0.3, -0.25) is 19.9 Å². The molecule has 0 radical (unpaired) electrons. The third-order valence-corrected chi connectivity index (χ3v) is 11.6. The van der Waals surface area contributed by atoms with Gasteiger partial charge in [0.1, 0.15) is 49.4 Å². The van der Waals surface area contributed by atoms with Crippen LogP contribution < -0.4 is 46.0 Å². The maximum atomic E-state index is 13.1. The van der Waals surface area contributed by atoms with Gasteiger partial charge in [0.2, 0.25) is 5.24 Å². The van der Waals surface area contributed by atoms with Crippen LogP contribution in [0.25, 0.3) is 0 Å². The van der Waals surface area contributed by atoms with E-state index in [4.69, 9.17) is 66.9 Å². The Labute approximate surface area is 614 Å². The van der Waals surface area contributed by atoms with Crippen molar-refractivity contribution in [2.75, 3.05) is 28.4 Å². The minimum Gasteiger partial charge on any atom is -1.00 e. The first-order chi connectivity index (χ1) is 44.5. The molecule has 4 N–H and O–H groups in total. The summed E-state index contributed by atoms with van der Waals surface area (Å²) in [6.07, 6.45) is -4.61. The van der Waals surface area contributed by atoms with Crippen molar-refractivity contribution in [1.29, 1.82) is 0 Å². The molecular formula is C58H92BrClN7NaO32. The fraction of sp³-hybridized carbons (Fsp3) is 0.690. The van der Waals surface area contributed by atoms with Gasteiger partial charge < -0.3 is 82.8 Å². The first-order valence-corrected chi connectivity index (χ1v) is 29.9. The third kappa shape index (κ3) is 30.9. The van der Waals surface area contributed by atoms with Crippen molar-refractivity contribution in [1.82, 2.24) is 21.5 Å². The molecule has 39 nitrogen and oxygen atoms in total. The number of halogens is 2. The van der Waals surface area contributed by atoms with Gasteiger partial charge in [-0.2, -0.15) is 5.48 Å². The molecule has 4 rings (SSSR count). The van der Waals surface area contributed by atoms with Gasteiger partial charge in [0, 0.05) is 62.3 Å². The number of amides is 2. The summed E-state index contributed by atoms with van der Waals surface area (Å²) in [6.45, 7) is 37.4. The molecule has 0 aromatic heterocycles. The quantitative estimate of drug-likeness (QED) is 0.0231. The number of ether oxygens (including phenoxy) is 12. The zero-order valence-corrected chi connectivity index (χ0v) is 66.0.